The van der Waals surface area contributed by atoms with E-state index in [9.17, 15) is 4.79 Å². The van der Waals surface area contributed by atoms with Crippen molar-refractivity contribution in [1.82, 2.24) is 4.98 Å². The Hall–Kier alpha value is -0.700. The minimum Gasteiger partial charge on any atom is -0.294 e. The van der Waals surface area contributed by atoms with Gasteiger partial charge in [-0.05, 0) is 18.8 Å². The molecule has 2 rings (SSSR count). The van der Waals surface area contributed by atoms with Crippen LogP contribution in [0.1, 0.15) is 85.1 Å². The first kappa shape index (κ1) is 12.7. The summed E-state index contributed by atoms with van der Waals surface area (Å²) in [4.78, 5) is 17.3. The Bertz CT molecular complexity index is 402. The van der Waals surface area contributed by atoms with E-state index in [2.05, 4.69) is 13.8 Å². The third kappa shape index (κ3) is 2.76. The van der Waals surface area contributed by atoms with Crippen LogP contribution in [-0.4, -0.2) is 10.8 Å². The lowest BCUT2D eigenvalue weighted by atomic mass is 9.90. The predicted molar refractivity (Wildman–Crippen MR) is 72.0 cm³/mol. The van der Waals surface area contributed by atoms with Crippen molar-refractivity contribution >= 4 is 17.1 Å². The van der Waals surface area contributed by atoms with Crippen LogP contribution in [0.25, 0.3) is 0 Å². The predicted octanol–water partition coefficient (Wildman–Crippen LogP) is 4.52. The quantitative estimate of drug-likeness (QED) is 0.739. The summed E-state index contributed by atoms with van der Waals surface area (Å²) in [6.07, 6.45) is 6.50. The average Bonchev–Trinajstić information content (AvgIpc) is 2.75. The number of nitrogens with zero attached hydrogens (tertiary/aromatic N) is 1. The zero-order valence-electron chi connectivity index (χ0n) is 11.0. The highest BCUT2D eigenvalue weighted by Gasteiger charge is 2.23. The van der Waals surface area contributed by atoms with Crippen molar-refractivity contribution in [3.8, 4) is 0 Å². The summed E-state index contributed by atoms with van der Waals surface area (Å²) in [7, 11) is 0. The largest absolute Gasteiger partial charge is 0.294 e. The zero-order chi connectivity index (χ0) is 12.4. The van der Waals surface area contributed by atoms with Gasteiger partial charge in [0, 0.05) is 12.8 Å². The maximum atomic E-state index is 11.6. The molecule has 0 aliphatic heterocycles. The molecule has 1 aliphatic carbocycles. The Balaban J connectivity index is 2.29. The van der Waals surface area contributed by atoms with Crippen molar-refractivity contribution in [3.63, 3.8) is 0 Å². The number of hydrogen-bond acceptors (Lipinski definition) is 3. The highest BCUT2D eigenvalue weighted by molar-refractivity contribution is 7.13. The maximum Gasteiger partial charge on any atom is 0.171 e. The van der Waals surface area contributed by atoms with Gasteiger partial charge in [0.15, 0.2) is 5.78 Å². The van der Waals surface area contributed by atoms with Crippen LogP contribution in [-0.2, 0) is 0 Å². The van der Waals surface area contributed by atoms with E-state index in [-0.39, 0.29) is 5.78 Å². The lowest BCUT2D eigenvalue weighted by Gasteiger charge is -2.18. The molecule has 2 nitrogen and oxygen atoms in total. The molecule has 1 aliphatic rings. The van der Waals surface area contributed by atoms with E-state index < -0.39 is 0 Å². The molecule has 0 spiro atoms. The highest BCUT2D eigenvalue weighted by atomic mass is 32.1. The first-order valence-electron chi connectivity index (χ1n) is 6.61. The molecule has 0 amide bonds. The molecule has 0 radical (unpaired) electrons. The molecule has 0 unspecified atom stereocenters. The molecule has 1 saturated carbocycles. The second-order valence-electron chi connectivity index (χ2n) is 5.31. The number of carbonyl (C=O) groups is 1. The van der Waals surface area contributed by atoms with Crippen LogP contribution in [0.5, 0.6) is 0 Å². The molecule has 1 heterocycles. The fourth-order valence-corrected chi connectivity index (χ4v) is 3.80. The van der Waals surface area contributed by atoms with Gasteiger partial charge in [-0.3, -0.25) is 4.79 Å². The molecule has 0 N–H and O–H groups in total. The zero-order valence-corrected chi connectivity index (χ0v) is 11.8. The van der Waals surface area contributed by atoms with Crippen molar-refractivity contribution in [1.29, 1.82) is 0 Å². The van der Waals surface area contributed by atoms with Crippen molar-refractivity contribution in [2.24, 2.45) is 0 Å². The van der Waals surface area contributed by atoms with Crippen molar-refractivity contribution in [2.45, 2.75) is 64.7 Å². The van der Waals surface area contributed by atoms with Crippen LogP contribution < -0.4 is 0 Å². The molecule has 0 bridgehead atoms. The van der Waals surface area contributed by atoms with E-state index >= 15 is 0 Å². The fraction of sp³-hybridized carbons (Fsp3) is 0.714. The summed E-state index contributed by atoms with van der Waals surface area (Å²) >= 11 is 1.64. The smallest absolute Gasteiger partial charge is 0.171 e. The summed E-state index contributed by atoms with van der Waals surface area (Å²) in [6.45, 7) is 5.89. The average molecular weight is 251 g/mol. The minimum absolute atomic E-state index is 0.174. The second-order valence-corrected chi connectivity index (χ2v) is 6.34. The fourth-order valence-electron chi connectivity index (χ4n) is 2.52. The summed E-state index contributed by atoms with van der Waals surface area (Å²) in [6, 6.07) is 0. The first-order valence-corrected chi connectivity index (χ1v) is 7.42. The molecule has 1 aromatic rings. The number of aromatic nitrogens is 1. The standard InChI is InChI=1S/C14H21NOS/c1-9(2)12-13(10(3)16)17-14(15-12)11-7-5-4-6-8-11/h9,11H,4-8H2,1-3H3. The van der Waals surface area contributed by atoms with Crippen LogP contribution in [0.4, 0.5) is 0 Å². The van der Waals surface area contributed by atoms with Crippen LogP contribution in [0.15, 0.2) is 0 Å². The number of carbonyl (C=O) groups excluding carboxylic acids is 1. The van der Waals surface area contributed by atoms with E-state index in [4.69, 9.17) is 4.98 Å². The SMILES string of the molecule is CC(=O)c1sc(C2CCCCC2)nc1C(C)C. The van der Waals surface area contributed by atoms with Gasteiger partial charge < -0.3 is 0 Å². The third-order valence-electron chi connectivity index (χ3n) is 3.49. The van der Waals surface area contributed by atoms with Crippen LogP contribution in [0, 0.1) is 0 Å². The molecular weight excluding hydrogens is 230 g/mol. The molecular formula is C14H21NOS. The summed E-state index contributed by atoms with van der Waals surface area (Å²) in [5.74, 6) is 1.13. The van der Waals surface area contributed by atoms with E-state index in [1.165, 1.54) is 37.1 Å². The second kappa shape index (κ2) is 5.30. The normalized spacial score (nSPS) is 17.6. The van der Waals surface area contributed by atoms with E-state index in [1.54, 1.807) is 18.3 Å². The number of rotatable bonds is 3. The topological polar surface area (TPSA) is 30.0 Å². The number of hydrogen-bond donors (Lipinski definition) is 0. The maximum absolute atomic E-state index is 11.6. The number of ketones is 1. The highest BCUT2D eigenvalue weighted by Crippen LogP contribution is 2.37. The molecule has 0 aromatic carbocycles. The van der Waals surface area contributed by atoms with Crippen molar-refractivity contribution in [3.05, 3.63) is 15.6 Å². The number of Topliss-reactive ketones (excluding diaryl/α,β-unsaturated/α-hetero) is 1. The Morgan fingerprint density at radius 2 is 1.94 bits per heavy atom. The van der Waals surface area contributed by atoms with Gasteiger partial charge in [0.05, 0.1) is 15.6 Å². The summed E-state index contributed by atoms with van der Waals surface area (Å²) in [5, 5.41) is 1.21. The van der Waals surface area contributed by atoms with Crippen LogP contribution in [0.2, 0.25) is 0 Å². The Morgan fingerprint density at radius 1 is 1.29 bits per heavy atom. The monoisotopic (exact) mass is 251 g/mol. The van der Waals surface area contributed by atoms with Gasteiger partial charge in [-0.1, -0.05) is 33.1 Å². The lowest BCUT2D eigenvalue weighted by molar-refractivity contribution is 0.102. The molecule has 17 heavy (non-hydrogen) atoms. The van der Waals surface area contributed by atoms with E-state index in [0.29, 0.717) is 11.8 Å². The molecule has 94 valence electrons. The van der Waals surface area contributed by atoms with Gasteiger partial charge >= 0.3 is 0 Å². The molecule has 1 aromatic heterocycles. The molecule has 0 saturated heterocycles. The summed E-state index contributed by atoms with van der Waals surface area (Å²) < 4.78 is 0. The van der Waals surface area contributed by atoms with E-state index in [0.717, 1.165) is 10.6 Å². The molecule has 0 atom stereocenters. The Labute approximate surface area is 107 Å². The van der Waals surface area contributed by atoms with Gasteiger partial charge in [0.25, 0.3) is 0 Å². The first-order chi connectivity index (χ1) is 8.09. The van der Waals surface area contributed by atoms with Crippen molar-refractivity contribution in [2.75, 3.05) is 0 Å². The summed E-state index contributed by atoms with van der Waals surface area (Å²) in [5.41, 5.74) is 1.02. The van der Waals surface area contributed by atoms with Gasteiger partial charge in [-0.25, -0.2) is 4.98 Å². The van der Waals surface area contributed by atoms with Crippen LogP contribution >= 0.6 is 11.3 Å². The lowest BCUT2D eigenvalue weighted by Crippen LogP contribution is -2.04. The third-order valence-corrected chi connectivity index (χ3v) is 4.83. The number of thiazole rings is 1. The van der Waals surface area contributed by atoms with Crippen LogP contribution in [0.3, 0.4) is 0 Å². The Morgan fingerprint density at radius 3 is 2.41 bits per heavy atom. The molecule has 3 heteroatoms. The van der Waals surface area contributed by atoms with E-state index in [1.807, 2.05) is 0 Å². The molecule has 1 fully saturated rings. The van der Waals surface area contributed by atoms with Gasteiger partial charge in [0.2, 0.25) is 0 Å². The van der Waals surface area contributed by atoms with Gasteiger partial charge in [-0.2, -0.15) is 0 Å². The Kier molecular flexibility index (Phi) is 3.97. The minimum atomic E-state index is 0.174. The van der Waals surface area contributed by atoms with Gasteiger partial charge in [-0.15, -0.1) is 11.3 Å². The van der Waals surface area contributed by atoms with Crippen molar-refractivity contribution < 1.29 is 4.79 Å². The van der Waals surface area contributed by atoms with Gasteiger partial charge in [0.1, 0.15) is 0 Å².